The number of carbonyl (C=O) groups is 2. The molecule has 0 atom stereocenters. The van der Waals surface area contributed by atoms with E-state index >= 15 is 0 Å². The van der Waals surface area contributed by atoms with Crippen molar-refractivity contribution in [2.75, 3.05) is 57.8 Å². The van der Waals surface area contributed by atoms with Crippen molar-refractivity contribution >= 4 is 28.8 Å². The van der Waals surface area contributed by atoms with Gasteiger partial charge in [0, 0.05) is 75.2 Å². The largest absolute Gasteiger partial charge is 0.457 e. The van der Waals surface area contributed by atoms with Crippen molar-refractivity contribution in [2.24, 2.45) is 0 Å². The summed E-state index contributed by atoms with van der Waals surface area (Å²) in [5.41, 5.74) is 6.79. The van der Waals surface area contributed by atoms with Gasteiger partial charge in [0.15, 0.2) is 0 Å². The Hall–Kier alpha value is -5.14. The number of amides is 2. The molecule has 3 aliphatic rings. The molecule has 0 unspecified atom stereocenters. The monoisotopic (exact) mass is 785 g/mol. The first kappa shape index (κ1) is 39.7. The number of rotatable bonds is 16. The molecule has 1 saturated heterocycles. The van der Waals surface area contributed by atoms with Crippen molar-refractivity contribution < 1.29 is 24.2 Å². The second-order valence-electron chi connectivity index (χ2n) is 15.9. The van der Waals surface area contributed by atoms with Crippen LogP contribution in [-0.2, 0) is 28.9 Å². The lowest BCUT2D eigenvalue weighted by Crippen LogP contribution is -2.46. The number of aliphatic hydroxyl groups excluding tert-OH is 1. The molecule has 304 valence electrons. The highest BCUT2D eigenvalue weighted by atomic mass is 16.5. The number of piperazine rings is 1. The molecule has 2 aromatic heterocycles. The van der Waals surface area contributed by atoms with Crippen LogP contribution in [-0.4, -0.2) is 99.8 Å². The van der Waals surface area contributed by atoms with E-state index in [2.05, 4.69) is 73.4 Å². The molecule has 3 aromatic carbocycles. The van der Waals surface area contributed by atoms with Gasteiger partial charge < -0.3 is 24.5 Å². The lowest BCUT2D eigenvalue weighted by molar-refractivity contribution is -0.119. The van der Waals surface area contributed by atoms with Gasteiger partial charge in [-0.1, -0.05) is 61.9 Å². The quantitative estimate of drug-likeness (QED) is 0.0728. The zero-order valence-corrected chi connectivity index (χ0v) is 33.5. The molecule has 2 amide bonds. The number of fused-ring (bicyclic) bond motifs is 2. The van der Waals surface area contributed by atoms with Gasteiger partial charge in [-0.2, -0.15) is 4.98 Å². The van der Waals surface area contributed by atoms with Gasteiger partial charge >= 0.3 is 0 Å². The summed E-state index contributed by atoms with van der Waals surface area (Å²) in [5, 5.41) is 17.0. The first-order valence-electron chi connectivity index (χ1n) is 21.0. The van der Waals surface area contributed by atoms with Gasteiger partial charge in [-0.15, -0.1) is 0 Å². The average Bonchev–Trinajstić information content (AvgIpc) is 3.61. The first-order chi connectivity index (χ1) is 28.4. The number of imide groups is 1. The number of benzene rings is 3. The predicted octanol–water partition coefficient (Wildman–Crippen LogP) is 6.77. The highest BCUT2D eigenvalue weighted by molar-refractivity contribution is 6.11. The fourth-order valence-electron chi connectivity index (χ4n) is 8.41. The van der Waals surface area contributed by atoms with Gasteiger partial charge in [-0.3, -0.25) is 24.7 Å². The molecular weight excluding hydrogens is 731 g/mol. The summed E-state index contributed by atoms with van der Waals surface area (Å²) in [4.78, 5) is 39.0. The van der Waals surface area contributed by atoms with Crippen LogP contribution in [0.4, 0.5) is 5.95 Å². The molecule has 8 rings (SSSR count). The van der Waals surface area contributed by atoms with Crippen LogP contribution in [0.3, 0.4) is 0 Å². The number of nitrogens with one attached hydrogen (secondary N) is 2. The van der Waals surface area contributed by atoms with E-state index in [0.29, 0.717) is 47.8 Å². The van der Waals surface area contributed by atoms with E-state index in [4.69, 9.17) is 14.5 Å². The topological polar surface area (TPSA) is 134 Å². The van der Waals surface area contributed by atoms with Crippen LogP contribution >= 0.6 is 0 Å². The molecule has 12 nitrogen and oxygen atoms in total. The Morgan fingerprint density at radius 3 is 2.52 bits per heavy atom. The second-order valence-corrected chi connectivity index (χ2v) is 15.9. The minimum atomic E-state index is -0.422. The zero-order chi connectivity index (χ0) is 39.8. The molecule has 1 aliphatic carbocycles. The van der Waals surface area contributed by atoms with Gasteiger partial charge in [0.05, 0.1) is 31.3 Å². The summed E-state index contributed by atoms with van der Waals surface area (Å²) in [7, 11) is 0. The average molecular weight is 786 g/mol. The molecule has 5 aromatic rings. The summed E-state index contributed by atoms with van der Waals surface area (Å²) in [5.74, 6) is 1.05. The number of ether oxygens (including phenoxy) is 2. The van der Waals surface area contributed by atoms with E-state index in [-0.39, 0.29) is 18.4 Å². The zero-order valence-electron chi connectivity index (χ0n) is 33.5. The summed E-state index contributed by atoms with van der Waals surface area (Å²) < 4.78 is 14.5. The van der Waals surface area contributed by atoms with Gasteiger partial charge in [0.1, 0.15) is 17.1 Å². The molecule has 4 heterocycles. The van der Waals surface area contributed by atoms with Crippen molar-refractivity contribution in [3.05, 3.63) is 101 Å². The summed E-state index contributed by atoms with van der Waals surface area (Å²) in [6.45, 7) is 10.2. The van der Waals surface area contributed by atoms with Crippen LogP contribution in [0.15, 0.2) is 79.1 Å². The first-order valence-corrected chi connectivity index (χ1v) is 21.0. The Balaban J connectivity index is 0.790. The molecule has 0 bridgehead atoms. The third kappa shape index (κ3) is 9.58. The minimum absolute atomic E-state index is 0.166. The number of aliphatic hydroxyl groups is 1. The van der Waals surface area contributed by atoms with E-state index < -0.39 is 5.91 Å². The van der Waals surface area contributed by atoms with Gasteiger partial charge in [-0.25, -0.2) is 4.98 Å². The summed E-state index contributed by atoms with van der Waals surface area (Å²) >= 11 is 0. The molecule has 1 saturated carbocycles. The lowest BCUT2D eigenvalue weighted by atomic mass is 9.93. The molecule has 2 aliphatic heterocycles. The van der Waals surface area contributed by atoms with Crippen LogP contribution in [0, 0.1) is 0 Å². The Labute approximate surface area is 340 Å². The molecule has 0 radical (unpaired) electrons. The highest BCUT2D eigenvalue weighted by Gasteiger charge is 2.27. The highest BCUT2D eigenvalue weighted by Crippen LogP contribution is 2.37. The Morgan fingerprint density at radius 2 is 1.71 bits per heavy atom. The SMILES string of the molecule is CCCCNc1ncc2c(-c3ccc(CN4CCN(CCOCCc5cccc(Oc6cccc7c6C(=O)NC(=O)C7)c5)CC4)cc3)cn(C3CCC(O)CC3)c2n1. The third-order valence-corrected chi connectivity index (χ3v) is 11.7. The van der Waals surface area contributed by atoms with Crippen molar-refractivity contribution in [3.63, 3.8) is 0 Å². The molecule has 12 heteroatoms. The van der Waals surface area contributed by atoms with Gasteiger partial charge in [0.25, 0.3) is 5.91 Å². The number of carbonyl (C=O) groups excluding carboxylic acids is 2. The standard InChI is InChI=1S/C46H55N7O5/c1-2-3-19-47-46-48-29-39-40(31-53(44(39)50-46)36-14-16-37(54)17-15-36)34-12-10-33(11-13-34)30-52-22-20-51(21-23-52)24-26-57-25-18-32-6-4-8-38(27-32)58-41-9-5-7-35-28-42(55)49-45(56)43(35)41/h4-13,27,29,31,36-37,54H,2-3,14-26,28,30H2,1H3,(H,47,48,50)(H,49,55,56). The van der Waals surface area contributed by atoms with Crippen molar-refractivity contribution in [1.82, 2.24) is 29.7 Å². The maximum absolute atomic E-state index is 12.5. The fraction of sp³-hybridized carbons (Fsp3) is 0.435. The summed E-state index contributed by atoms with van der Waals surface area (Å²) in [6.07, 6.45) is 10.7. The number of nitrogens with zero attached hydrogens (tertiary/aromatic N) is 5. The Morgan fingerprint density at radius 1 is 0.914 bits per heavy atom. The van der Waals surface area contributed by atoms with E-state index in [9.17, 15) is 14.7 Å². The van der Waals surface area contributed by atoms with E-state index in [1.54, 1.807) is 12.1 Å². The van der Waals surface area contributed by atoms with Gasteiger partial charge in [-0.05, 0) is 79.0 Å². The van der Waals surface area contributed by atoms with Gasteiger partial charge in [0.2, 0.25) is 11.9 Å². The molecule has 58 heavy (non-hydrogen) atoms. The van der Waals surface area contributed by atoms with Crippen molar-refractivity contribution in [1.29, 1.82) is 0 Å². The van der Waals surface area contributed by atoms with Crippen LogP contribution in [0.2, 0.25) is 0 Å². The Kier molecular flexibility index (Phi) is 12.7. The normalized spacial score (nSPS) is 18.9. The van der Waals surface area contributed by atoms with Crippen molar-refractivity contribution in [3.8, 4) is 22.6 Å². The number of unbranched alkanes of at least 4 members (excludes halogenated alkanes) is 1. The fourth-order valence-corrected chi connectivity index (χ4v) is 8.41. The number of aromatic nitrogens is 3. The molecule has 0 spiro atoms. The predicted molar refractivity (Wildman–Crippen MR) is 225 cm³/mol. The van der Waals surface area contributed by atoms with Crippen molar-refractivity contribution in [2.45, 2.75) is 77.0 Å². The maximum atomic E-state index is 12.5. The molecule has 3 N–H and O–H groups in total. The Bertz CT molecular complexity index is 2190. The van der Waals surface area contributed by atoms with E-state index in [0.717, 1.165) is 113 Å². The molecule has 2 fully saturated rings. The maximum Gasteiger partial charge on any atom is 0.261 e. The minimum Gasteiger partial charge on any atom is -0.457 e. The molecular formula is C46H55N7O5. The van der Waals surface area contributed by atoms with Crippen LogP contribution in [0.5, 0.6) is 11.5 Å². The van der Waals surface area contributed by atoms with Crippen LogP contribution in [0.25, 0.3) is 22.2 Å². The summed E-state index contributed by atoms with van der Waals surface area (Å²) in [6, 6.07) is 22.5. The number of hydrogen-bond acceptors (Lipinski definition) is 10. The lowest BCUT2D eigenvalue weighted by Gasteiger charge is -2.34. The third-order valence-electron chi connectivity index (χ3n) is 11.7. The van der Waals surface area contributed by atoms with Crippen LogP contribution in [0.1, 0.15) is 78.5 Å². The number of hydrogen-bond donors (Lipinski definition) is 3. The smallest absolute Gasteiger partial charge is 0.261 e. The van der Waals surface area contributed by atoms with Crippen LogP contribution < -0.4 is 15.4 Å². The van der Waals surface area contributed by atoms with E-state index in [1.807, 2.05) is 30.5 Å². The van der Waals surface area contributed by atoms with E-state index in [1.165, 1.54) is 11.1 Å². The number of anilines is 1. The second kappa shape index (κ2) is 18.6.